The number of aromatic amines is 2. The van der Waals surface area contributed by atoms with Crippen molar-refractivity contribution >= 4 is 22.8 Å². The summed E-state index contributed by atoms with van der Waals surface area (Å²) in [4.78, 5) is 43.2. The van der Waals surface area contributed by atoms with Crippen LogP contribution in [0, 0.1) is 28.6 Å². The van der Waals surface area contributed by atoms with Crippen molar-refractivity contribution in [2.45, 2.75) is 57.7 Å². The highest BCUT2D eigenvalue weighted by molar-refractivity contribution is 5.91. The van der Waals surface area contributed by atoms with Crippen molar-refractivity contribution in [1.29, 1.82) is 5.26 Å². The van der Waals surface area contributed by atoms with Crippen LogP contribution in [-0.2, 0) is 4.79 Å². The van der Waals surface area contributed by atoms with Gasteiger partial charge in [0, 0.05) is 18.7 Å². The monoisotopic (exact) mass is 668 g/mol. The Morgan fingerprint density at radius 3 is 2.20 bits per heavy atom. The second kappa shape index (κ2) is 12.4. The minimum atomic E-state index is -1.19. The van der Waals surface area contributed by atoms with Gasteiger partial charge in [-0.1, -0.05) is 62.4 Å². The first kappa shape index (κ1) is 31.8. The molecule has 1 spiro atoms. The Kier molecular flexibility index (Phi) is 7.91. The number of carbonyl (C=O) groups excluding carboxylic acids is 1. The summed E-state index contributed by atoms with van der Waals surface area (Å²) < 4.78 is 0. The zero-order valence-electron chi connectivity index (χ0n) is 28.1. The van der Waals surface area contributed by atoms with Crippen LogP contribution in [0.15, 0.2) is 73.1 Å². The molecule has 1 aliphatic carbocycles. The summed E-state index contributed by atoms with van der Waals surface area (Å²) in [6, 6.07) is 22.7. The largest absolute Gasteiger partial charge is 0.465 e. The van der Waals surface area contributed by atoms with Gasteiger partial charge >= 0.3 is 6.09 Å². The molecule has 0 radical (unpaired) electrons. The molecule has 1 saturated carbocycles. The molecule has 2 amide bonds. The molecular formula is C39H40N8O3. The molecule has 11 heteroatoms. The van der Waals surface area contributed by atoms with E-state index in [1.165, 1.54) is 0 Å². The number of imidazole rings is 2. The van der Waals surface area contributed by atoms with Gasteiger partial charge < -0.3 is 30.6 Å². The summed E-state index contributed by atoms with van der Waals surface area (Å²) in [5.41, 5.74) is 6.25. The average molecular weight is 669 g/mol. The molecule has 4 unspecified atom stereocenters. The van der Waals surface area contributed by atoms with E-state index in [0.717, 1.165) is 81.7 Å². The number of amides is 2. The van der Waals surface area contributed by atoms with Gasteiger partial charge in [-0.15, -0.1) is 0 Å². The third-order valence-corrected chi connectivity index (χ3v) is 10.8. The number of carbonyl (C=O) groups is 2. The summed E-state index contributed by atoms with van der Waals surface area (Å²) in [6.45, 7) is 5.05. The van der Waals surface area contributed by atoms with Crippen molar-refractivity contribution in [3.8, 4) is 39.7 Å². The SMILES string of the molecule is CC(C)C(NC(=O)O)C(=O)N1CC2(CC2)CC1c1ncc(-c2ccc3cc(-c4ccc(-c5cnc(C6CC(C#N)CN6)[nH]5)cc4)ccc3c2)[nH]1. The van der Waals surface area contributed by atoms with E-state index in [0.29, 0.717) is 13.1 Å². The van der Waals surface area contributed by atoms with E-state index in [2.05, 4.69) is 92.3 Å². The summed E-state index contributed by atoms with van der Waals surface area (Å²) in [6.07, 6.45) is 6.25. The molecule has 8 rings (SSSR count). The van der Waals surface area contributed by atoms with Gasteiger partial charge in [0.05, 0.1) is 47.9 Å². The number of carboxylic acid groups (broad SMARTS) is 1. The number of likely N-dealkylation sites (tertiary alicyclic amines) is 1. The van der Waals surface area contributed by atoms with E-state index < -0.39 is 12.1 Å². The highest BCUT2D eigenvalue weighted by Crippen LogP contribution is 2.58. The number of nitrogens with zero attached hydrogens (tertiary/aromatic N) is 4. The van der Waals surface area contributed by atoms with Crippen molar-refractivity contribution in [3.05, 3.63) is 84.7 Å². The number of benzene rings is 3. The molecule has 5 N–H and O–H groups in total. The summed E-state index contributed by atoms with van der Waals surface area (Å²) in [7, 11) is 0. The van der Waals surface area contributed by atoms with Crippen LogP contribution in [0.25, 0.3) is 44.4 Å². The van der Waals surface area contributed by atoms with Crippen molar-refractivity contribution in [2.24, 2.45) is 17.3 Å². The Morgan fingerprint density at radius 2 is 1.54 bits per heavy atom. The first-order valence-corrected chi connectivity index (χ1v) is 17.4. The van der Waals surface area contributed by atoms with Crippen molar-refractivity contribution in [3.63, 3.8) is 0 Å². The quantitative estimate of drug-likeness (QED) is 0.121. The predicted molar refractivity (Wildman–Crippen MR) is 190 cm³/mol. The van der Waals surface area contributed by atoms with Gasteiger partial charge in [0.15, 0.2) is 0 Å². The number of aromatic nitrogens is 4. The van der Waals surface area contributed by atoms with E-state index in [1.54, 1.807) is 0 Å². The summed E-state index contributed by atoms with van der Waals surface area (Å²) >= 11 is 0. The average Bonchev–Trinajstić information content (AvgIpc) is 3.65. The molecule has 4 atom stereocenters. The van der Waals surface area contributed by atoms with Gasteiger partial charge in [-0.05, 0) is 76.6 Å². The van der Waals surface area contributed by atoms with Crippen LogP contribution >= 0.6 is 0 Å². The molecule has 3 fully saturated rings. The number of rotatable bonds is 8. The Bertz CT molecular complexity index is 2120. The van der Waals surface area contributed by atoms with Crippen LogP contribution in [0.5, 0.6) is 0 Å². The molecule has 5 aromatic rings. The minimum absolute atomic E-state index is 0.0241. The minimum Gasteiger partial charge on any atom is -0.465 e. The number of hydrogen-bond acceptors (Lipinski definition) is 6. The molecule has 254 valence electrons. The fourth-order valence-corrected chi connectivity index (χ4v) is 7.69. The van der Waals surface area contributed by atoms with Crippen LogP contribution in [0.4, 0.5) is 4.79 Å². The van der Waals surface area contributed by atoms with Gasteiger partial charge in [-0.2, -0.15) is 5.26 Å². The van der Waals surface area contributed by atoms with Crippen LogP contribution in [0.1, 0.15) is 63.3 Å². The zero-order chi connectivity index (χ0) is 34.6. The summed E-state index contributed by atoms with van der Waals surface area (Å²) in [5.74, 6) is 1.27. The van der Waals surface area contributed by atoms with Crippen molar-refractivity contribution in [1.82, 2.24) is 35.5 Å². The number of nitriles is 1. The standard InChI is InChI=1S/C39H40N8O3/c1-22(2)34(46-38(49)50)37(48)47-21-39(11-12-39)16-33(47)36-43-20-32(45-36)29-10-9-27-14-26(7-8-28(27)15-29)24-3-5-25(6-4-24)31-19-42-35(44-31)30-13-23(17-40)18-41-30/h3-10,14-15,19-20,22-23,30,33-34,41,46H,11-13,16,18,21H2,1-2H3,(H,42,44)(H,43,45)(H,49,50). The van der Waals surface area contributed by atoms with Gasteiger partial charge in [0.1, 0.15) is 17.7 Å². The Labute approximate surface area is 290 Å². The van der Waals surface area contributed by atoms with Crippen LogP contribution in [0.2, 0.25) is 0 Å². The van der Waals surface area contributed by atoms with E-state index in [9.17, 15) is 20.0 Å². The third kappa shape index (κ3) is 6.00. The number of fused-ring (bicyclic) bond motifs is 1. The second-order valence-corrected chi connectivity index (χ2v) is 14.6. The third-order valence-electron chi connectivity index (χ3n) is 10.8. The summed E-state index contributed by atoms with van der Waals surface area (Å²) in [5, 5.41) is 26.7. The van der Waals surface area contributed by atoms with Crippen LogP contribution in [0.3, 0.4) is 0 Å². The van der Waals surface area contributed by atoms with E-state index in [4.69, 9.17) is 4.98 Å². The van der Waals surface area contributed by atoms with Gasteiger partial charge in [-0.25, -0.2) is 14.8 Å². The molecule has 3 aromatic carbocycles. The number of nitrogens with one attached hydrogen (secondary N) is 4. The van der Waals surface area contributed by atoms with Crippen molar-refractivity contribution in [2.75, 3.05) is 13.1 Å². The van der Waals surface area contributed by atoms with E-state index in [1.807, 2.05) is 31.1 Å². The molecule has 50 heavy (non-hydrogen) atoms. The lowest BCUT2D eigenvalue weighted by atomic mass is 9.98. The molecule has 3 aliphatic rings. The zero-order valence-corrected chi connectivity index (χ0v) is 28.1. The number of hydrogen-bond donors (Lipinski definition) is 5. The van der Waals surface area contributed by atoms with Crippen molar-refractivity contribution < 1.29 is 14.7 Å². The van der Waals surface area contributed by atoms with Gasteiger partial charge in [0.2, 0.25) is 5.91 Å². The van der Waals surface area contributed by atoms with E-state index in [-0.39, 0.29) is 35.2 Å². The maximum Gasteiger partial charge on any atom is 0.405 e. The maximum absolute atomic E-state index is 13.7. The lowest BCUT2D eigenvalue weighted by Gasteiger charge is -2.29. The molecule has 0 bridgehead atoms. The smallest absolute Gasteiger partial charge is 0.405 e. The second-order valence-electron chi connectivity index (χ2n) is 14.6. The highest BCUT2D eigenvalue weighted by Gasteiger charge is 2.55. The highest BCUT2D eigenvalue weighted by atomic mass is 16.4. The predicted octanol–water partition coefficient (Wildman–Crippen LogP) is 6.81. The lowest BCUT2D eigenvalue weighted by molar-refractivity contribution is -0.135. The molecular weight excluding hydrogens is 628 g/mol. The molecule has 11 nitrogen and oxygen atoms in total. The normalized spacial score (nSPS) is 21.5. The maximum atomic E-state index is 13.7. The number of H-pyrrole nitrogens is 2. The van der Waals surface area contributed by atoms with Crippen LogP contribution in [-0.4, -0.2) is 61.1 Å². The van der Waals surface area contributed by atoms with Gasteiger partial charge in [0.25, 0.3) is 0 Å². The molecule has 2 saturated heterocycles. The van der Waals surface area contributed by atoms with Gasteiger partial charge in [-0.3, -0.25) is 4.79 Å². The fraction of sp³-hybridized carbons (Fsp3) is 0.359. The molecule has 4 heterocycles. The van der Waals surface area contributed by atoms with E-state index >= 15 is 0 Å². The lowest BCUT2D eigenvalue weighted by Crippen LogP contribution is -2.51. The first-order valence-electron chi connectivity index (χ1n) is 17.4. The topological polar surface area (TPSA) is 163 Å². The Morgan fingerprint density at radius 1 is 0.920 bits per heavy atom. The molecule has 2 aliphatic heterocycles. The Balaban J connectivity index is 0.983. The molecule has 2 aromatic heterocycles. The fourth-order valence-electron chi connectivity index (χ4n) is 7.69. The first-order chi connectivity index (χ1) is 24.2. The van der Waals surface area contributed by atoms with Crippen LogP contribution < -0.4 is 10.6 Å². The Hall–Kier alpha value is -5.47.